The van der Waals surface area contributed by atoms with Crippen LogP contribution < -0.4 is 10.6 Å². The predicted octanol–water partition coefficient (Wildman–Crippen LogP) is 1.69. The number of nitrogens with zero attached hydrogens (tertiary/aromatic N) is 3. The minimum atomic E-state index is 0.460. The molecule has 0 saturated carbocycles. The number of hydrogen-bond donors (Lipinski definition) is 1. The third kappa shape index (κ3) is 2.66. The summed E-state index contributed by atoms with van der Waals surface area (Å²) >= 11 is 3.39. The van der Waals surface area contributed by atoms with Crippen LogP contribution >= 0.6 is 15.9 Å². The molecule has 0 amide bonds. The van der Waals surface area contributed by atoms with Crippen molar-refractivity contribution in [3.63, 3.8) is 0 Å². The molecule has 1 aromatic rings. The van der Waals surface area contributed by atoms with Crippen molar-refractivity contribution in [1.82, 2.24) is 9.97 Å². The molecule has 1 aliphatic rings. The summed E-state index contributed by atoms with van der Waals surface area (Å²) in [4.78, 5) is 11.0. The summed E-state index contributed by atoms with van der Waals surface area (Å²) in [6.07, 6.45) is 3.77. The number of hydrogen-bond acceptors (Lipinski definition) is 4. The van der Waals surface area contributed by atoms with E-state index in [0.29, 0.717) is 6.54 Å². The molecule has 1 saturated heterocycles. The van der Waals surface area contributed by atoms with E-state index in [9.17, 15) is 0 Å². The predicted molar refractivity (Wildman–Crippen MR) is 63.7 cm³/mol. The van der Waals surface area contributed by atoms with Crippen molar-refractivity contribution < 1.29 is 0 Å². The van der Waals surface area contributed by atoms with Crippen LogP contribution in [0.15, 0.2) is 10.7 Å². The second-order valence-electron chi connectivity index (χ2n) is 3.73. The number of rotatable bonds is 2. The van der Waals surface area contributed by atoms with Gasteiger partial charge in [-0.1, -0.05) is 0 Å². The maximum Gasteiger partial charge on any atom is 0.226 e. The zero-order valence-electron chi connectivity index (χ0n) is 8.62. The number of aromatic nitrogens is 2. The molecule has 0 aromatic carbocycles. The topological polar surface area (TPSA) is 55.0 Å². The van der Waals surface area contributed by atoms with Crippen molar-refractivity contribution in [2.75, 3.05) is 18.0 Å². The Balaban J connectivity index is 2.22. The van der Waals surface area contributed by atoms with E-state index >= 15 is 0 Å². The summed E-state index contributed by atoms with van der Waals surface area (Å²) < 4.78 is 0.818. The smallest absolute Gasteiger partial charge is 0.226 e. The van der Waals surface area contributed by atoms with E-state index in [4.69, 9.17) is 5.73 Å². The summed E-state index contributed by atoms with van der Waals surface area (Å²) in [6.45, 7) is 2.57. The fourth-order valence-electron chi connectivity index (χ4n) is 1.79. The molecule has 5 heteroatoms. The third-order valence-corrected chi connectivity index (χ3v) is 2.99. The molecule has 0 aliphatic carbocycles. The summed E-state index contributed by atoms with van der Waals surface area (Å²) in [5.41, 5.74) is 6.47. The zero-order valence-corrected chi connectivity index (χ0v) is 10.2. The lowest BCUT2D eigenvalue weighted by Gasteiger charge is -2.26. The van der Waals surface area contributed by atoms with Crippen LogP contribution in [0.25, 0.3) is 0 Å². The Bertz CT molecular complexity index is 336. The molecule has 0 bridgehead atoms. The molecule has 2 N–H and O–H groups in total. The minimum Gasteiger partial charge on any atom is -0.341 e. The lowest BCUT2D eigenvalue weighted by atomic mass is 10.1. The fraction of sp³-hybridized carbons (Fsp3) is 0.600. The molecular formula is C10H15BrN4. The monoisotopic (exact) mass is 270 g/mol. The fourth-order valence-corrected chi connectivity index (χ4v) is 2.21. The van der Waals surface area contributed by atoms with Gasteiger partial charge in [-0.15, -0.1) is 0 Å². The maximum atomic E-state index is 5.59. The minimum absolute atomic E-state index is 0.460. The summed E-state index contributed by atoms with van der Waals surface area (Å²) in [6, 6.07) is 1.87. The highest BCUT2D eigenvalue weighted by Gasteiger charge is 2.14. The largest absolute Gasteiger partial charge is 0.341 e. The van der Waals surface area contributed by atoms with Crippen molar-refractivity contribution in [1.29, 1.82) is 0 Å². The lowest BCUT2D eigenvalue weighted by molar-refractivity contribution is 0.567. The molecule has 0 atom stereocenters. The Kier molecular flexibility index (Phi) is 3.53. The number of nitrogens with two attached hydrogens (primary N) is 1. The van der Waals surface area contributed by atoms with Gasteiger partial charge in [0.05, 0.1) is 5.69 Å². The molecular weight excluding hydrogens is 256 g/mol. The van der Waals surface area contributed by atoms with Crippen molar-refractivity contribution in [3.8, 4) is 0 Å². The Morgan fingerprint density at radius 3 is 2.67 bits per heavy atom. The zero-order chi connectivity index (χ0) is 10.7. The van der Waals surface area contributed by atoms with Crippen LogP contribution in [-0.2, 0) is 6.54 Å². The molecule has 0 unspecified atom stereocenters. The van der Waals surface area contributed by atoms with Crippen LogP contribution in [0.2, 0.25) is 0 Å². The van der Waals surface area contributed by atoms with Crippen LogP contribution in [-0.4, -0.2) is 23.1 Å². The van der Waals surface area contributed by atoms with E-state index < -0.39 is 0 Å². The van der Waals surface area contributed by atoms with Crippen molar-refractivity contribution in [2.24, 2.45) is 5.73 Å². The SMILES string of the molecule is NCc1cc(Br)nc(N2CCCCC2)n1. The van der Waals surface area contributed by atoms with Gasteiger partial charge in [-0.05, 0) is 41.3 Å². The van der Waals surface area contributed by atoms with E-state index in [-0.39, 0.29) is 0 Å². The second-order valence-corrected chi connectivity index (χ2v) is 4.55. The normalized spacial score (nSPS) is 16.8. The van der Waals surface area contributed by atoms with Crippen molar-refractivity contribution in [2.45, 2.75) is 25.8 Å². The molecule has 15 heavy (non-hydrogen) atoms. The molecule has 2 heterocycles. The lowest BCUT2D eigenvalue weighted by Crippen LogP contribution is -2.31. The first-order valence-electron chi connectivity index (χ1n) is 5.28. The van der Waals surface area contributed by atoms with Gasteiger partial charge in [0, 0.05) is 19.6 Å². The average molecular weight is 271 g/mol. The molecule has 4 nitrogen and oxygen atoms in total. The van der Waals surface area contributed by atoms with Crippen molar-refractivity contribution >= 4 is 21.9 Å². The second kappa shape index (κ2) is 4.90. The molecule has 1 aliphatic heterocycles. The van der Waals surface area contributed by atoms with Gasteiger partial charge < -0.3 is 10.6 Å². The van der Waals surface area contributed by atoms with Crippen LogP contribution in [0, 0.1) is 0 Å². The Labute approximate surface area is 98.0 Å². The van der Waals surface area contributed by atoms with Gasteiger partial charge in [-0.2, -0.15) is 0 Å². The van der Waals surface area contributed by atoms with Crippen LogP contribution in [0.5, 0.6) is 0 Å². The van der Waals surface area contributed by atoms with E-state index in [1.54, 1.807) is 0 Å². The third-order valence-electron chi connectivity index (χ3n) is 2.58. The first-order chi connectivity index (χ1) is 7.29. The molecule has 2 rings (SSSR count). The molecule has 0 radical (unpaired) electrons. The first kappa shape index (κ1) is 10.8. The quantitative estimate of drug-likeness (QED) is 0.832. The standard InChI is InChI=1S/C10H15BrN4/c11-9-6-8(7-12)13-10(14-9)15-4-2-1-3-5-15/h6H,1-5,7,12H2. The van der Waals surface area contributed by atoms with E-state index in [0.717, 1.165) is 29.3 Å². The van der Waals surface area contributed by atoms with Crippen molar-refractivity contribution in [3.05, 3.63) is 16.4 Å². The average Bonchev–Trinajstić information content (AvgIpc) is 2.29. The maximum absolute atomic E-state index is 5.59. The Hall–Kier alpha value is -0.680. The number of piperidine rings is 1. The molecule has 1 fully saturated rings. The summed E-state index contributed by atoms with van der Waals surface area (Å²) in [7, 11) is 0. The van der Waals surface area contributed by atoms with Gasteiger partial charge in [0.15, 0.2) is 0 Å². The summed E-state index contributed by atoms with van der Waals surface area (Å²) in [5, 5.41) is 0. The molecule has 0 spiro atoms. The number of anilines is 1. The van der Waals surface area contributed by atoms with Gasteiger partial charge in [0.25, 0.3) is 0 Å². The van der Waals surface area contributed by atoms with Crippen LogP contribution in [0.1, 0.15) is 25.0 Å². The van der Waals surface area contributed by atoms with Crippen LogP contribution in [0.3, 0.4) is 0 Å². The van der Waals surface area contributed by atoms with Gasteiger partial charge in [0.1, 0.15) is 4.60 Å². The number of halogens is 1. The van der Waals surface area contributed by atoms with E-state index in [1.165, 1.54) is 19.3 Å². The Morgan fingerprint density at radius 2 is 2.00 bits per heavy atom. The van der Waals surface area contributed by atoms with Gasteiger partial charge in [-0.3, -0.25) is 0 Å². The molecule has 82 valence electrons. The highest BCUT2D eigenvalue weighted by atomic mass is 79.9. The highest BCUT2D eigenvalue weighted by Crippen LogP contribution is 2.18. The van der Waals surface area contributed by atoms with E-state index in [1.807, 2.05) is 6.07 Å². The Morgan fingerprint density at radius 1 is 1.27 bits per heavy atom. The molecule has 1 aromatic heterocycles. The van der Waals surface area contributed by atoms with Gasteiger partial charge in [-0.25, -0.2) is 9.97 Å². The first-order valence-corrected chi connectivity index (χ1v) is 6.07. The van der Waals surface area contributed by atoms with E-state index in [2.05, 4.69) is 30.8 Å². The highest BCUT2D eigenvalue weighted by molar-refractivity contribution is 9.10. The van der Waals surface area contributed by atoms with Crippen LogP contribution in [0.4, 0.5) is 5.95 Å². The summed E-state index contributed by atoms with van der Waals surface area (Å²) in [5.74, 6) is 0.810. The van der Waals surface area contributed by atoms with Gasteiger partial charge in [0.2, 0.25) is 5.95 Å². The van der Waals surface area contributed by atoms with Gasteiger partial charge >= 0.3 is 0 Å².